The Morgan fingerprint density at radius 2 is 1.72 bits per heavy atom. The average molecular weight is 249 g/mol. The van der Waals surface area contributed by atoms with Crippen molar-refractivity contribution < 1.29 is 9.18 Å². The number of nitrogens with zero attached hydrogens (tertiary/aromatic N) is 1. The summed E-state index contributed by atoms with van der Waals surface area (Å²) in [6.45, 7) is 2.26. The van der Waals surface area contributed by atoms with E-state index in [1.165, 1.54) is 25.0 Å². The SMILES string of the molecule is CC1CCC(N(C)C(=O)c2ccc(F)cc2)CC1. The molecule has 1 amide bonds. The predicted octanol–water partition coefficient (Wildman–Crippen LogP) is 3.48. The van der Waals surface area contributed by atoms with Crippen molar-refractivity contribution in [3.05, 3.63) is 35.6 Å². The van der Waals surface area contributed by atoms with Gasteiger partial charge in [0.2, 0.25) is 0 Å². The highest BCUT2D eigenvalue weighted by Crippen LogP contribution is 2.27. The van der Waals surface area contributed by atoms with E-state index < -0.39 is 0 Å². The Morgan fingerprint density at radius 1 is 1.17 bits per heavy atom. The van der Waals surface area contributed by atoms with Crippen LogP contribution in [0.4, 0.5) is 4.39 Å². The topological polar surface area (TPSA) is 20.3 Å². The van der Waals surface area contributed by atoms with Gasteiger partial charge < -0.3 is 4.90 Å². The number of hydrogen-bond acceptors (Lipinski definition) is 1. The van der Waals surface area contributed by atoms with Crippen LogP contribution in [0, 0.1) is 11.7 Å². The van der Waals surface area contributed by atoms with Crippen molar-refractivity contribution in [1.29, 1.82) is 0 Å². The zero-order valence-electron chi connectivity index (χ0n) is 11.0. The van der Waals surface area contributed by atoms with Crippen molar-refractivity contribution in [2.24, 2.45) is 5.92 Å². The number of hydrogen-bond donors (Lipinski definition) is 0. The Bertz CT molecular complexity index is 407. The number of carbonyl (C=O) groups is 1. The summed E-state index contributed by atoms with van der Waals surface area (Å²) in [6, 6.07) is 6.12. The lowest BCUT2D eigenvalue weighted by Gasteiger charge is -2.33. The van der Waals surface area contributed by atoms with Crippen molar-refractivity contribution in [3.8, 4) is 0 Å². The second kappa shape index (κ2) is 5.51. The molecule has 18 heavy (non-hydrogen) atoms. The normalized spacial score (nSPS) is 23.7. The number of benzene rings is 1. The minimum Gasteiger partial charge on any atom is -0.339 e. The first-order chi connectivity index (χ1) is 8.58. The van der Waals surface area contributed by atoms with Crippen LogP contribution >= 0.6 is 0 Å². The lowest BCUT2D eigenvalue weighted by molar-refractivity contribution is 0.0679. The quantitative estimate of drug-likeness (QED) is 0.785. The Kier molecular flexibility index (Phi) is 4.00. The Balaban J connectivity index is 2.02. The van der Waals surface area contributed by atoms with Gasteiger partial charge in [0.05, 0.1) is 0 Å². The van der Waals surface area contributed by atoms with Crippen LogP contribution in [0.5, 0.6) is 0 Å². The molecule has 0 aliphatic heterocycles. The summed E-state index contributed by atoms with van der Waals surface area (Å²) < 4.78 is 12.8. The van der Waals surface area contributed by atoms with Gasteiger partial charge >= 0.3 is 0 Å². The Hall–Kier alpha value is -1.38. The largest absolute Gasteiger partial charge is 0.339 e. The molecule has 2 rings (SSSR count). The second-order valence-electron chi connectivity index (χ2n) is 5.34. The third-order valence-corrected chi connectivity index (χ3v) is 3.94. The van der Waals surface area contributed by atoms with Crippen LogP contribution in [0.3, 0.4) is 0 Å². The van der Waals surface area contributed by atoms with E-state index in [1.54, 1.807) is 12.1 Å². The van der Waals surface area contributed by atoms with E-state index in [9.17, 15) is 9.18 Å². The van der Waals surface area contributed by atoms with Crippen LogP contribution in [-0.2, 0) is 0 Å². The first-order valence-corrected chi connectivity index (χ1v) is 6.60. The molecule has 1 aliphatic carbocycles. The summed E-state index contributed by atoms with van der Waals surface area (Å²) in [5.41, 5.74) is 0.567. The van der Waals surface area contributed by atoms with Crippen LogP contribution in [-0.4, -0.2) is 23.9 Å². The number of rotatable bonds is 2. The summed E-state index contributed by atoms with van der Waals surface area (Å²) in [5, 5.41) is 0. The summed E-state index contributed by atoms with van der Waals surface area (Å²) >= 11 is 0. The summed E-state index contributed by atoms with van der Waals surface area (Å²) in [7, 11) is 1.85. The zero-order chi connectivity index (χ0) is 13.1. The van der Waals surface area contributed by atoms with Gasteiger partial charge in [-0.2, -0.15) is 0 Å². The monoisotopic (exact) mass is 249 g/mol. The van der Waals surface area contributed by atoms with Crippen molar-refractivity contribution >= 4 is 5.91 Å². The molecule has 0 N–H and O–H groups in total. The van der Waals surface area contributed by atoms with Crippen LogP contribution in [0.25, 0.3) is 0 Å². The number of amides is 1. The molecule has 0 spiro atoms. The van der Waals surface area contributed by atoms with E-state index >= 15 is 0 Å². The molecule has 0 radical (unpaired) electrons. The van der Waals surface area contributed by atoms with Gasteiger partial charge in [0.1, 0.15) is 5.82 Å². The van der Waals surface area contributed by atoms with Crippen LogP contribution in [0.15, 0.2) is 24.3 Å². The minimum atomic E-state index is -0.305. The van der Waals surface area contributed by atoms with E-state index in [0.717, 1.165) is 18.8 Å². The maximum atomic E-state index is 12.8. The Morgan fingerprint density at radius 3 is 2.28 bits per heavy atom. The Labute approximate surface area is 108 Å². The molecule has 0 heterocycles. The minimum absolute atomic E-state index is 0.00504. The molecule has 3 heteroatoms. The van der Waals surface area contributed by atoms with E-state index in [4.69, 9.17) is 0 Å². The number of halogens is 1. The molecule has 98 valence electrons. The first kappa shape index (κ1) is 13.1. The summed E-state index contributed by atoms with van der Waals surface area (Å²) in [4.78, 5) is 14.1. The third-order valence-electron chi connectivity index (χ3n) is 3.94. The highest BCUT2D eigenvalue weighted by atomic mass is 19.1. The van der Waals surface area contributed by atoms with Crippen LogP contribution in [0.2, 0.25) is 0 Å². The molecule has 1 aliphatic rings. The van der Waals surface area contributed by atoms with Crippen molar-refractivity contribution in [2.45, 2.75) is 38.6 Å². The van der Waals surface area contributed by atoms with E-state index in [2.05, 4.69) is 6.92 Å². The van der Waals surface area contributed by atoms with Crippen molar-refractivity contribution in [1.82, 2.24) is 4.90 Å². The molecule has 1 aromatic carbocycles. The van der Waals surface area contributed by atoms with Crippen molar-refractivity contribution in [3.63, 3.8) is 0 Å². The standard InChI is InChI=1S/C15H20FNO/c1-11-3-9-14(10-4-11)17(2)15(18)12-5-7-13(16)8-6-12/h5-8,11,14H,3-4,9-10H2,1-2H3. The molecule has 0 atom stereocenters. The predicted molar refractivity (Wildman–Crippen MR) is 69.9 cm³/mol. The smallest absolute Gasteiger partial charge is 0.253 e. The molecule has 2 nitrogen and oxygen atoms in total. The summed E-state index contributed by atoms with van der Waals surface area (Å²) in [6.07, 6.45) is 4.52. The van der Waals surface area contributed by atoms with E-state index in [1.807, 2.05) is 11.9 Å². The first-order valence-electron chi connectivity index (χ1n) is 6.60. The fourth-order valence-corrected chi connectivity index (χ4v) is 2.59. The van der Waals surface area contributed by atoms with Gasteiger partial charge in [-0.15, -0.1) is 0 Å². The third kappa shape index (κ3) is 2.89. The van der Waals surface area contributed by atoms with Gasteiger partial charge in [-0.1, -0.05) is 6.92 Å². The number of carbonyl (C=O) groups excluding carboxylic acids is 1. The highest BCUT2D eigenvalue weighted by molar-refractivity contribution is 5.94. The second-order valence-corrected chi connectivity index (χ2v) is 5.34. The molecule has 0 aromatic heterocycles. The zero-order valence-corrected chi connectivity index (χ0v) is 11.0. The van der Waals surface area contributed by atoms with Gasteiger partial charge in [0, 0.05) is 18.7 Å². The molecule has 1 aromatic rings. The lowest BCUT2D eigenvalue weighted by Crippen LogP contribution is -2.39. The molecular weight excluding hydrogens is 229 g/mol. The average Bonchev–Trinajstić information content (AvgIpc) is 2.39. The maximum absolute atomic E-state index is 12.8. The fraction of sp³-hybridized carbons (Fsp3) is 0.533. The molecule has 0 bridgehead atoms. The molecule has 1 saturated carbocycles. The van der Waals surface area contributed by atoms with Gasteiger partial charge in [0.15, 0.2) is 0 Å². The van der Waals surface area contributed by atoms with E-state index in [0.29, 0.717) is 11.6 Å². The van der Waals surface area contributed by atoms with E-state index in [-0.39, 0.29) is 11.7 Å². The van der Waals surface area contributed by atoms with Crippen LogP contribution in [0.1, 0.15) is 43.0 Å². The summed E-state index contributed by atoms with van der Waals surface area (Å²) in [5.74, 6) is 0.464. The van der Waals surface area contributed by atoms with Gasteiger partial charge in [-0.05, 0) is 55.9 Å². The van der Waals surface area contributed by atoms with Gasteiger partial charge in [-0.25, -0.2) is 4.39 Å². The lowest BCUT2D eigenvalue weighted by atomic mass is 9.86. The highest BCUT2D eigenvalue weighted by Gasteiger charge is 2.25. The molecule has 0 saturated heterocycles. The molecular formula is C15H20FNO. The fourth-order valence-electron chi connectivity index (χ4n) is 2.59. The van der Waals surface area contributed by atoms with Crippen LogP contribution < -0.4 is 0 Å². The molecule has 1 fully saturated rings. The van der Waals surface area contributed by atoms with Gasteiger partial charge in [0.25, 0.3) is 5.91 Å². The van der Waals surface area contributed by atoms with Crippen molar-refractivity contribution in [2.75, 3.05) is 7.05 Å². The maximum Gasteiger partial charge on any atom is 0.253 e. The van der Waals surface area contributed by atoms with Gasteiger partial charge in [-0.3, -0.25) is 4.79 Å². The molecule has 0 unspecified atom stereocenters.